The van der Waals surface area contributed by atoms with Crippen LogP contribution < -0.4 is 5.56 Å². The van der Waals surface area contributed by atoms with Crippen LogP contribution in [0.25, 0.3) is 5.78 Å². The number of aryl methyl sites for hydroxylation is 1. The normalized spacial score (nSPS) is 10.8. The molecule has 16 heavy (non-hydrogen) atoms. The van der Waals surface area contributed by atoms with Crippen LogP contribution in [0.3, 0.4) is 0 Å². The van der Waals surface area contributed by atoms with Gasteiger partial charge in [-0.25, -0.2) is 0 Å². The summed E-state index contributed by atoms with van der Waals surface area (Å²) in [5.41, 5.74) is 0.771. The van der Waals surface area contributed by atoms with Crippen molar-refractivity contribution in [3.8, 4) is 0 Å². The first-order valence-corrected chi connectivity index (χ1v) is 5.96. The van der Waals surface area contributed by atoms with Gasteiger partial charge in [-0.15, -0.1) is 16.8 Å². The number of nitrogens with zero attached hydrogens (tertiary/aromatic N) is 3. The molecule has 2 rings (SSSR count). The number of hydrogen-bond acceptors (Lipinski definition) is 4. The summed E-state index contributed by atoms with van der Waals surface area (Å²) >= 11 is 1.54. The van der Waals surface area contributed by atoms with Crippen LogP contribution in [-0.2, 0) is 6.42 Å². The summed E-state index contributed by atoms with van der Waals surface area (Å²) in [5.74, 6) is 1.26. The predicted molar refractivity (Wildman–Crippen MR) is 63.9 cm³/mol. The molecule has 0 aromatic carbocycles. The van der Waals surface area contributed by atoms with Crippen LogP contribution in [0, 0.1) is 0 Å². The van der Waals surface area contributed by atoms with E-state index in [1.807, 2.05) is 17.4 Å². The second-order valence-corrected chi connectivity index (χ2v) is 4.21. The Balaban J connectivity index is 2.60. The van der Waals surface area contributed by atoms with Gasteiger partial charge in [-0.1, -0.05) is 24.8 Å². The highest BCUT2D eigenvalue weighted by Crippen LogP contribution is 2.17. The van der Waals surface area contributed by atoms with Crippen molar-refractivity contribution in [2.45, 2.75) is 18.5 Å². The minimum absolute atomic E-state index is 0.142. The summed E-state index contributed by atoms with van der Waals surface area (Å²) in [6.07, 6.45) is 2.57. The second kappa shape index (κ2) is 4.52. The number of aromatic nitrogens is 4. The lowest BCUT2D eigenvalue weighted by Crippen LogP contribution is -2.11. The van der Waals surface area contributed by atoms with Gasteiger partial charge < -0.3 is 0 Å². The van der Waals surface area contributed by atoms with E-state index in [0.717, 1.165) is 23.0 Å². The third-order valence-electron chi connectivity index (χ3n) is 2.15. The van der Waals surface area contributed by atoms with E-state index in [4.69, 9.17) is 0 Å². The highest BCUT2D eigenvalue weighted by atomic mass is 32.2. The molecule has 0 fully saturated rings. The Labute approximate surface area is 96.6 Å². The number of thioether (sulfide) groups is 1. The van der Waals surface area contributed by atoms with Crippen molar-refractivity contribution < 1.29 is 0 Å². The first-order chi connectivity index (χ1) is 7.76. The minimum Gasteiger partial charge on any atom is -0.291 e. The van der Waals surface area contributed by atoms with Crippen molar-refractivity contribution in [3.05, 3.63) is 34.8 Å². The average Bonchev–Trinajstić information content (AvgIpc) is 2.68. The molecule has 0 aliphatic rings. The summed E-state index contributed by atoms with van der Waals surface area (Å²) < 4.78 is 1.87. The highest BCUT2D eigenvalue weighted by Gasteiger charge is 2.09. The summed E-state index contributed by atoms with van der Waals surface area (Å²) in [7, 11) is 0. The molecule has 0 saturated heterocycles. The molecular weight excluding hydrogens is 224 g/mol. The van der Waals surface area contributed by atoms with E-state index in [9.17, 15) is 4.79 Å². The summed E-state index contributed by atoms with van der Waals surface area (Å²) in [6, 6.07) is 1.58. The Morgan fingerprint density at radius 3 is 3.12 bits per heavy atom. The zero-order chi connectivity index (χ0) is 11.5. The van der Waals surface area contributed by atoms with Crippen molar-refractivity contribution >= 4 is 17.5 Å². The van der Waals surface area contributed by atoms with Gasteiger partial charge in [0.25, 0.3) is 5.56 Å². The lowest BCUT2D eigenvalue weighted by atomic mass is 10.3. The van der Waals surface area contributed by atoms with Gasteiger partial charge in [0.2, 0.25) is 5.78 Å². The maximum atomic E-state index is 11.3. The van der Waals surface area contributed by atoms with E-state index < -0.39 is 0 Å². The van der Waals surface area contributed by atoms with Crippen LogP contribution in [0.4, 0.5) is 0 Å². The molecule has 84 valence electrons. The van der Waals surface area contributed by atoms with Crippen LogP contribution in [0.15, 0.2) is 28.7 Å². The molecule has 0 atom stereocenters. The zero-order valence-electron chi connectivity index (χ0n) is 8.93. The molecule has 5 nitrogen and oxygen atoms in total. The molecule has 1 N–H and O–H groups in total. The largest absolute Gasteiger partial charge is 0.291 e. The van der Waals surface area contributed by atoms with Crippen LogP contribution in [-0.4, -0.2) is 25.3 Å². The van der Waals surface area contributed by atoms with Gasteiger partial charge in [0.1, 0.15) is 0 Å². The molecule has 2 aromatic rings. The number of hydrogen-bond donors (Lipinski definition) is 1. The molecule has 0 amide bonds. The maximum absolute atomic E-state index is 11.3. The average molecular weight is 236 g/mol. The molecule has 0 saturated carbocycles. The van der Waals surface area contributed by atoms with Gasteiger partial charge >= 0.3 is 0 Å². The molecule has 0 bridgehead atoms. The molecule has 2 aromatic heterocycles. The molecule has 0 aliphatic heterocycles. The lowest BCUT2D eigenvalue weighted by Gasteiger charge is -2.03. The van der Waals surface area contributed by atoms with Crippen LogP contribution in [0.5, 0.6) is 0 Å². The third-order valence-corrected chi connectivity index (χ3v) is 3.07. The van der Waals surface area contributed by atoms with E-state index in [1.54, 1.807) is 17.8 Å². The molecule has 0 spiro atoms. The van der Waals surface area contributed by atoms with E-state index in [-0.39, 0.29) is 5.56 Å². The smallest absolute Gasteiger partial charge is 0.252 e. The Kier molecular flexibility index (Phi) is 3.09. The maximum Gasteiger partial charge on any atom is 0.252 e. The molecule has 2 heterocycles. The highest BCUT2D eigenvalue weighted by molar-refractivity contribution is 7.99. The fourth-order valence-corrected chi connectivity index (χ4v) is 2.16. The number of H-pyrrole nitrogens is 1. The van der Waals surface area contributed by atoms with Crippen molar-refractivity contribution in [2.75, 3.05) is 5.75 Å². The van der Waals surface area contributed by atoms with Gasteiger partial charge in [0.05, 0.1) is 0 Å². The monoisotopic (exact) mass is 236 g/mol. The number of aromatic amines is 1. The zero-order valence-corrected chi connectivity index (χ0v) is 9.75. The first kappa shape index (κ1) is 10.9. The summed E-state index contributed by atoms with van der Waals surface area (Å²) in [5, 5.41) is 8.76. The molecule has 0 radical (unpaired) electrons. The Morgan fingerprint density at radius 2 is 2.44 bits per heavy atom. The lowest BCUT2D eigenvalue weighted by molar-refractivity contribution is 0.851. The van der Waals surface area contributed by atoms with Gasteiger partial charge in [0.15, 0.2) is 5.16 Å². The van der Waals surface area contributed by atoms with E-state index >= 15 is 0 Å². The Hall–Kier alpha value is -1.56. The first-order valence-electron chi connectivity index (χ1n) is 4.97. The van der Waals surface area contributed by atoms with E-state index in [2.05, 4.69) is 21.8 Å². The van der Waals surface area contributed by atoms with E-state index in [1.165, 1.54) is 0 Å². The SMILES string of the molecule is C=CCSc1nnc2[nH]c(=O)cc(CC)n12. The van der Waals surface area contributed by atoms with Crippen molar-refractivity contribution in [1.29, 1.82) is 0 Å². The van der Waals surface area contributed by atoms with Gasteiger partial charge in [-0.2, -0.15) is 0 Å². The fraction of sp³-hybridized carbons (Fsp3) is 0.300. The van der Waals surface area contributed by atoms with Crippen molar-refractivity contribution in [1.82, 2.24) is 19.6 Å². The number of nitrogens with one attached hydrogen (secondary N) is 1. The Morgan fingerprint density at radius 1 is 1.62 bits per heavy atom. The van der Waals surface area contributed by atoms with Crippen molar-refractivity contribution in [2.24, 2.45) is 0 Å². The third kappa shape index (κ3) is 1.88. The van der Waals surface area contributed by atoms with Crippen LogP contribution in [0.2, 0.25) is 0 Å². The van der Waals surface area contributed by atoms with Gasteiger partial charge in [-0.05, 0) is 6.42 Å². The Bertz CT molecular complexity index is 572. The minimum atomic E-state index is -0.142. The molecular formula is C10H12N4OS. The predicted octanol–water partition coefficient (Wildman–Crippen LogP) is 1.26. The second-order valence-electron chi connectivity index (χ2n) is 3.22. The number of rotatable bonds is 4. The molecule has 6 heteroatoms. The van der Waals surface area contributed by atoms with Crippen LogP contribution in [0.1, 0.15) is 12.6 Å². The van der Waals surface area contributed by atoms with Gasteiger partial charge in [-0.3, -0.25) is 14.2 Å². The standard InChI is InChI=1S/C10H12N4OS/c1-3-5-16-10-13-12-9-11-8(15)6-7(4-2)14(9)10/h3,6H,1,4-5H2,2H3,(H,11,12,15). The number of fused-ring (bicyclic) bond motifs is 1. The molecule has 0 aliphatic carbocycles. The fourth-order valence-electron chi connectivity index (χ4n) is 1.46. The summed E-state index contributed by atoms with van der Waals surface area (Å²) in [4.78, 5) is 14.0. The van der Waals surface area contributed by atoms with E-state index in [0.29, 0.717) is 5.78 Å². The molecule has 0 unspecified atom stereocenters. The summed E-state index contributed by atoms with van der Waals surface area (Å²) in [6.45, 7) is 5.66. The quantitative estimate of drug-likeness (QED) is 0.641. The van der Waals surface area contributed by atoms with Crippen molar-refractivity contribution in [3.63, 3.8) is 0 Å². The van der Waals surface area contributed by atoms with Gasteiger partial charge in [0, 0.05) is 17.5 Å². The topological polar surface area (TPSA) is 63.0 Å². The van der Waals surface area contributed by atoms with Crippen LogP contribution >= 0.6 is 11.8 Å².